The molecule has 2 aliphatic rings. The summed E-state index contributed by atoms with van der Waals surface area (Å²) in [6.45, 7) is 7.67. The first-order valence-corrected chi connectivity index (χ1v) is 7.42. The third-order valence-electron chi connectivity index (χ3n) is 4.29. The van der Waals surface area contributed by atoms with Gasteiger partial charge in [-0.1, -0.05) is 0 Å². The van der Waals surface area contributed by atoms with Crippen molar-refractivity contribution >= 4 is 0 Å². The van der Waals surface area contributed by atoms with Crippen LogP contribution in [0, 0.1) is 5.92 Å². The predicted octanol–water partition coefficient (Wildman–Crippen LogP) is 0.639. The number of ether oxygens (including phenoxy) is 1. The van der Waals surface area contributed by atoms with Crippen LogP contribution in [-0.2, 0) is 4.74 Å². The molecule has 0 spiro atoms. The Bertz CT molecular complexity index is 223. The molecule has 0 aromatic heterocycles. The van der Waals surface area contributed by atoms with Crippen LogP contribution in [0.25, 0.3) is 0 Å². The van der Waals surface area contributed by atoms with E-state index >= 15 is 0 Å². The molecule has 18 heavy (non-hydrogen) atoms. The van der Waals surface area contributed by atoms with Crippen molar-refractivity contribution in [3.63, 3.8) is 0 Å². The van der Waals surface area contributed by atoms with E-state index in [-0.39, 0.29) is 0 Å². The molecule has 2 heterocycles. The minimum absolute atomic E-state index is 0.529. The molecule has 2 aliphatic heterocycles. The van der Waals surface area contributed by atoms with Crippen molar-refractivity contribution in [2.75, 3.05) is 60.0 Å². The number of nitrogens with zero attached hydrogens (tertiary/aromatic N) is 2. The number of nitrogens with one attached hydrogen (secondary N) is 1. The Balaban J connectivity index is 1.57. The van der Waals surface area contributed by atoms with Crippen molar-refractivity contribution < 1.29 is 4.74 Å². The first-order valence-electron chi connectivity index (χ1n) is 7.42. The van der Waals surface area contributed by atoms with Gasteiger partial charge < -0.3 is 19.9 Å². The molecule has 0 aromatic rings. The normalized spacial score (nSPS) is 27.8. The summed E-state index contributed by atoms with van der Waals surface area (Å²) in [6, 6.07) is 0.529. The molecule has 1 atom stereocenters. The highest BCUT2D eigenvalue weighted by Crippen LogP contribution is 2.19. The van der Waals surface area contributed by atoms with Gasteiger partial charge in [-0.15, -0.1) is 0 Å². The number of hydrogen-bond acceptors (Lipinski definition) is 4. The van der Waals surface area contributed by atoms with Gasteiger partial charge in [0.2, 0.25) is 0 Å². The molecule has 0 aliphatic carbocycles. The third-order valence-corrected chi connectivity index (χ3v) is 4.29. The van der Waals surface area contributed by atoms with E-state index in [0.717, 1.165) is 32.2 Å². The molecular weight excluding hydrogens is 226 g/mol. The van der Waals surface area contributed by atoms with E-state index in [9.17, 15) is 0 Å². The van der Waals surface area contributed by atoms with Crippen molar-refractivity contribution in [2.24, 2.45) is 5.92 Å². The Morgan fingerprint density at radius 3 is 2.78 bits per heavy atom. The zero-order valence-corrected chi connectivity index (χ0v) is 12.0. The summed E-state index contributed by atoms with van der Waals surface area (Å²) in [5, 5.41) is 3.52. The first kappa shape index (κ1) is 14.3. The highest BCUT2D eigenvalue weighted by molar-refractivity contribution is 4.75. The molecule has 1 unspecified atom stereocenters. The highest BCUT2D eigenvalue weighted by atomic mass is 16.5. The lowest BCUT2D eigenvalue weighted by atomic mass is 9.93. The molecule has 0 saturated carbocycles. The van der Waals surface area contributed by atoms with Crippen LogP contribution in [0.1, 0.15) is 19.3 Å². The average Bonchev–Trinajstić information content (AvgIpc) is 2.39. The summed E-state index contributed by atoms with van der Waals surface area (Å²) < 4.78 is 5.49. The van der Waals surface area contributed by atoms with Crippen molar-refractivity contribution in [2.45, 2.75) is 25.3 Å². The molecule has 4 heteroatoms. The quantitative estimate of drug-likeness (QED) is 0.780. The zero-order chi connectivity index (χ0) is 12.8. The maximum atomic E-state index is 5.49. The standard InChI is InChI=1S/C14H29N3O/c1-16-7-3-13(4-8-16)5-9-17(2)11-14-12-18-10-6-15-14/h13-15H,3-12H2,1-2H3. The van der Waals surface area contributed by atoms with Crippen LogP contribution < -0.4 is 5.32 Å². The highest BCUT2D eigenvalue weighted by Gasteiger charge is 2.18. The van der Waals surface area contributed by atoms with Crippen LogP contribution in [0.15, 0.2) is 0 Å². The predicted molar refractivity (Wildman–Crippen MR) is 74.9 cm³/mol. The average molecular weight is 255 g/mol. The van der Waals surface area contributed by atoms with Gasteiger partial charge >= 0.3 is 0 Å². The molecule has 2 rings (SSSR count). The molecule has 0 amide bonds. The topological polar surface area (TPSA) is 27.7 Å². The molecule has 2 saturated heterocycles. The second-order valence-electron chi connectivity index (χ2n) is 6.02. The zero-order valence-electron chi connectivity index (χ0n) is 12.0. The fraction of sp³-hybridized carbons (Fsp3) is 1.00. The van der Waals surface area contributed by atoms with Gasteiger partial charge in [0.1, 0.15) is 0 Å². The van der Waals surface area contributed by atoms with Crippen molar-refractivity contribution in [3.05, 3.63) is 0 Å². The fourth-order valence-corrected chi connectivity index (χ4v) is 2.96. The van der Waals surface area contributed by atoms with E-state index in [1.807, 2.05) is 0 Å². The lowest BCUT2D eigenvalue weighted by Gasteiger charge is -2.31. The van der Waals surface area contributed by atoms with Crippen LogP contribution in [0.4, 0.5) is 0 Å². The van der Waals surface area contributed by atoms with Crippen molar-refractivity contribution in [3.8, 4) is 0 Å². The first-order chi connectivity index (χ1) is 8.74. The largest absolute Gasteiger partial charge is 0.378 e. The molecule has 106 valence electrons. The summed E-state index contributed by atoms with van der Waals surface area (Å²) >= 11 is 0. The number of piperidine rings is 1. The summed E-state index contributed by atoms with van der Waals surface area (Å²) in [4.78, 5) is 4.91. The van der Waals surface area contributed by atoms with Crippen LogP contribution in [0.2, 0.25) is 0 Å². The van der Waals surface area contributed by atoms with Crippen LogP contribution >= 0.6 is 0 Å². The van der Waals surface area contributed by atoms with Gasteiger partial charge in [-0.3, -0.25) is 0 Å². The van der Waals surface area contributed by atoms with Gasteiger partial charge in [0, 0.05) is 19.1 Å². The van der Waals surface area contributed by atoms with Gasteiger partial charge in [0.25, 0.3) is 0 Å². The lowest BCUT2D eigenvalue weighted by Crippen LogP contribution is -2.47. The number of hydrogen-bond donors (Lipinski definition) is 1. The second-order valence-corrected chi connectivity index (χ2v) is 6.02. The summed E-state index contributed by atoms with van der Waals surface area (Å²) in [5.74, 6) is 0.944. The summed E-state index contributed by atoms with van der Waals surface area (Å²) in [7, 11) is 4.47. The molecule has 0 radical (unpaired) electrons. The molecule has 0 bridgehead atoms. The molecular formula is C14H29N3O. The molecule has 1 N–H and O–H groups in total. The third kappa shape index (κ3) is 4.84. The lowest BCUT2D eigenvalue weighted by molar-refractivity contribution is 0.0641. The number of morpholine rings is 1. The van der Waals surface area contributed by atoms with E-state index in [1.54, 1.807) is 0 Å². The summed E-state index contributed by atoms with van der Waals surface area (Å²) in [5.41, 5.74) is 0. The Kier molecular flexibility index (Phi) is 5.89. The molecule has 2 fully saturated rings. The Labute approximate surface area is 112 Å². The van der Waals surface area contributed by atoms with Gasteiger partial charge in [0.15, 0.2) is 0 Å². The van der Waals surface area contributed by atoms with E-state index in [1.165, 1.54) is 38.9 Å². The van der Waals surface area contributed by atoms with Gasteiger partial charge in [-0.05, 0) is 58.9 Å². The van der Waals surface area contributed by atoms with E-state index in [0.29, 0.717) is 6.04 Å². The van der Waals surface area contributed by atoms with E-state index in [4.69, 9.17) is 4.74 Å². The van der Waals surface area contributed by atoms with Gasteiger partial charge in [-0.2, -0.15) is 0 Å². The maximum absolute atomic E-state index is 5.49. The van der Waals surface area contributed by atoms with Gasteiger partial charge in [-0.25, -0.2) is 0 Å². The smallest absolute Gasteiger partial charge is 0.0632 e. The molecule has 0 aromatic carbocycles. The number of rotatable bonds is 5. The van der Waals surface area contributed by atoms with Crippen molar-refractivity contribution in [1.82, 2.24) is 15.1 Å². The fourth-order valence-electron chi connectivity index (χ4n) is 2.96. The van der Waals surface area contributed by atoms with Crippen LogP contribution in [-0.4, -0.2) is 75.9 Å². The van der Waals surface area contributed by atoms with Gasteiger partial charge in [0.05, 0.1) is 13.2 Å². The minimum atomic E-state index is 0.529. The Morgan fingerprint density at radius 1 is 1.33 bits per heavy atom. The van der Waals surface area contributed by atoms with Crippen LogP contribution in [0.3, 0.4) is 0 Å². The van der Waals surface area contributed by atoms with E-state index < -0.39 is 0 Å². The van der Waals surface area contributed by atoms with E-state index in [2.05, 4.69) is 29.2 Å². The Hall–Kier alpha value is -0.160. The number of likely N-dealkylation sites (N-methyl/N-ethyl adjacent to an activating group) is 1. The van der Waals surface area contributed by atoms with Crippen LogP contribution in [0.5, 0.6) is 0 Å². The second kappa shape index (κ2) is 7.43. The SMILES string of the molecule is CN1CCC(CCN(C)CC2COCCN2)CC1. The van der Waals surface area contributed by atoms with Crippen molar-refractivity contribution in [1.29, 1.82) is 0 Å². The molecule has 4 nitrogen and oxygen atoms in total. The maximum Gasteiger partial charge on any atom is 0.0632 e. The monoisotopic (exact) mass is 255 g/mol. The number of likely N-dealkylation sites (tertiary alicyclic amines) is 1. The summed E-state index contributed by atoms with van der Waals surface area (Å²) in [6.07, 6.45) is 4.13. The minimum Gasteiger partial charge on any atom is -0.378 e. The Morgan fingerprint density at radius 2 is 2.11 bits per heavy atom.